The third-order valence-electron chi connectivity index (χ3n) is 2.43. The van der Waals surface area contributed by atoms with E-state index in [1.54, 1.807) is 6.08 Å². The summed E-state index contributed by atoms with van der Waals surface area (Å²) in [6.45, 7) is 10.3. The Morgan fingerprint density at radius 2 is 1.25 bits per heavy atom. The molecule has 0 saturated carbocycles. The largest absolute Gasteiger partial charge is 0.377 e. The molecule has 1 atom stereocenters. The topological polar surface area (TPSA) is 58.7 Å². The lowest BCUT2D eigenvalue weighted by atomic mass is 10.5. The van der Waals surface area contributed by atoms with Crippen molar-refractivity contribution in [1.29, 1.82) is 0 Å². The monoisotopic (exact) mass is 290 g/mol. The number of hydrogen-bond acceptors (Lipinski definition) is 6. The van der Waals surface area contributed by atoms with Crippen LogP contribution in [0.1, 0.15) is 0 Å². The van der Waals surface area contributed by atoms with Gasteiger partial charge in [0.05, 0.1) is 72.7 Å². The summed E-state index contributed by atoms with van der Waals surface area (Å²) in [6, 6.07) is 0. The maximum atomic E-state index is 5.35. The second-order valence-corrected chi connectivity index (χ2v) is 4.23. The average molecular weight is 290 g/mol. The zero-order valence-corrected chi connectivity index (χ0v) is 12.1. The quantitative estimate of drug-likeness (QED) is 0.236. The lowest BCUT2D eigenvalue weighted by molar-refractivity contribution is -0.0103. The third-order valence-corrected chi connectivity index (χ3v) is 2.43. The second kappa shape index (κ2) is 13.5. The minimum atomic E-state index is 0.320. The van der Waals surface area contributed by atoms with Crippen LogP contribution in [0, 0.1) is 0 Å². The SMILES string of the molecule is C=CCOCCOCCOCCOCCOCC1CO1. The Morgan fingerprint density at radius 1 is 0.800 bits per heavy atom. The summed E-state index contributed by atoms with van der Waals surface area (Å²) in [6.07, 6.45) is 2.04. The summed E-state index contributed by atoms with van der Waals surface area (Å²) in [5, 5.41) is 0. The van der Waals surface area contributed by atoms with Crippen molar-refractivity contribution in [3.8, 4) is 0 Å². The van der Waals surface area contributed by atoms with Crippen LogP contribution in [0.5, 0.6) is 0 Å². The second-order valence-electron chi connectivity index (χ2n) is 4.23. The molecule has 118 valence electrons. The first-order valence-corrected chi connectivity index (χ1v) is 7.04. The van der Waals surface area contributed by atoms with Crippen LogP contribution in [0.4, 0.5) is 0 Å². The third kappa shape index (κ3) is 12.5. The molecule has 0 aromatic rings. The summed E-state index contributed by atoms with van der Waals surface area (Å²) in [4.78, 5) is 0. The lowest BCUT2D eigenvalue weighted by Crippen LogP contribution is -2.13. The average Bonchev–Trinajstić information content (AvgIpc) is 3.27. The Morgan fingerprint density at radius 3 is 1.70 bits per heavy atom. The van der Waals surface area contributed by atoms with Crippen molar-refractivity contribution in [2.45, 2.75) is 6.10 Å². The summed E-state index contributed by atoms with van der Waals surface area (Å²) in [7, 11) is 0. The first-order valence-electron chi connectivity index (χ1n) is 7.04. The van der Waals surface area contributed by atoms with E-state index in [1.807, 2.05) is 0 Å². The van der Waals surface area contributed by atoms with E-state index in [1.165, 1.54) is 0 Å². The molecule has 0 bridgehead atoms. The number of epoxide rings is 1. The van der Waals surface area contributed by atoms with Crippen LogP contribution in [0.2, 0.25) is 0 Å². The van der Waals surface area contributed by atoms with Crippen LogP contribution in [-0.4, -0.2) is 78.8 Å². The first-order chi connectivity index (χ1) is 9.93. The van der Waals surface area contributed by atoms with E-state index in [0.29, 0.717) is 72.2 Å². The molecule has 6 heteroatoms. The molecular weight excluding hydrogens is 264 g/mol. The molecule has 0 aromatic carbocycles. The van der Waals surface area contributed by atoms with E-state index >= 15 is 0 Å². The van der Waals surface area contributed by atoms with Crippen LogP contribution in [-0.2, 0) is 28.4 Å². The summed E-state index contributed by atoms with van der Waals surface area (Å²) in [5.74, 6) is 0. The first kappa shape index (κ1) is 17.6. The number of rotatable bonds is 16. The molecule has 0 aliphatic carbocycles. The minimum Gasteiger partial charge on any atom is -0.377 e. The van der Waals surface area contributed by atoms with Crippen LogP contribution >= 0.6 is 0 Å². The maximum Gasteiger partial charge on any atom is 0.104 e. The van der Waals surface area contributed by atoms with Gasteiger partial charge in [-0.25, -0.2) is 0 Å². The standard InChI is InChI=1S/C14H26O6/c1-2-3-15-4-5-16-6-7-17-8-9-18-10-11-19-12-14-13-20-14/h2,14H,1,3-13H2. The van der Waals surface area contributed by atoms with Crippen molar-refractivity contribution in [1.82, 2.24) is 0 Å². The molecule has 6 nitrogen and oxygen atoms in total. The van der Waals surface area contributed by atoms with Gasteiger partial charge in [-0.3, -0.25) is 0 Å². The predicted octanol–water partition coefficient (Wildman–Crippen LogP) is 0.654. The molecule has 1 unspecified atom stereocenters. The van der Waals surface area contributed by atoms with Gasteiger partial charge in [-0.2, -0.15) is 0 Å². The van der Waals surface area contributed by atoms with Crippen molar-refractivity contribution < 1.29 is 28.4 Å². The fraction of sp³-hybridized carbons (Fsp3) is 0.857. The van der Waals surface area contributed by atoms with Crippen LogP contribution < -0.4 is 0 Å². The van der Waals surface area contributed by atoms with Crippen LogP contribution in [0.15, 0.2) is 12.7 Å². The van der Waals surface area contributed by atoms with Gasteiger partial charge in [-0.15, -0.1) is 6.58 Å². The van der Waals surface area contributed by atoms with Crippen molar-refractivity contribution in [2.75, 3.05) is 72.7 Å². The van der Waals surface area contributed by atoms with E-state index in [9.17, 15) is 0 Å². The normalized spacial score (nSPS) is 17.3. The van der Waals surface area contributed by atoms with Crippen molar-refractivity contribution in [3.63, 3.8) is 0 Å². The van der Waals surface area contributed by atoms with Crippen molar-refractivity contribution in [3.05, 3.63) is 12.7 Å². The molecule has 20 heavy (non-hydrogen) atoms. The molecule has 0 radical (unpaired) electrons. The number of ether oxygens (including phenoxy) is 6. The minimum absolute atomic E-state index is 0.320. The fourth-order valence-corrected chi connectivity index (χ4v) is 1.32. The van der Waals surface area contributed by atoms with Crippen LogP contribution in [0.25, 0.3) is 0 Å². The van der Waals surface area contributed by atoms with E-state index in [0.717, 1.165) is 6.61 Å². The van der Waals surface area contributed by atoms with Crippen LogP contribution in [0.3, 0.4) is 0 Å². The van der Waals surface area contributed by atoms with Gasteiger partial charge >= 0.3 is 0 Å². The lowest BCUT2D eigenvalue weighted by Gasteiger charge is -2.07. The highest BCUT2D eigenvalue weighted by atomic mass is 16.6. The Bertz CT molecular complexity index is 220. The number of hydrogen-bond donors (Lipinski definition) is 0. The predicted molar refractivity (Wildman–Crippen MR) is 74.0 cm³/mol. The summed E-state index contributed by atoms with van der Waals surface area (Å²) in [5.41, 5.74) is 0. The van der Waals surface area contributed by atoms with E-state index < -0.39 is 0 Å². The van der Waals surface area contributed by atoms with Gasteiger partial charge in [0.1, 0.15) is 6.10 Å². The van der Waals surface area contributed by atoms with Crippen molar-refractivity contribution >= 4 is 0 Å². The van der Waals surface area contributed by atoms with Gasteiger partial charge in [-0.05, 0) is 0 Å². The van der Waals surface area contributed by atoms with E-state index in [-0.39, 0.29) is 0 Å². The molecule has 0 N–H and O–H groups in total. The summed E-state index contributed by atoms with van der Waals surface area (Å²) >= 11 is 0. The molecule has 0 spiro atoms. The molecule has 1 aliphatic heterocycles. The zero-order chi connectivity index (χ0) is 14.3. The van der Waals surface area contributed by atoms with E-state index in [2.05, 4.69) is 6.58 Å². The maximum absolute atomic E-state index is 5.35. The molecule has 0 amide bonds. The molecule has 1 heterocycles. The van der Waals surface area contributed by atoms with E-state index in [4.69, 9.17) is 28.4 Å². The molecule has 1 aliphatic rings. The Hall–Kier alpha value is -0.500. The molecule has 0 aromatic heterocycles. The highest BCUT2D eigenvalue weighted by molar-refractivity contribution is 4.66. The molecule has 1 saturated heterocycles. The van der Waals surface area contributed by atoms with Gasteiger partial charge in [0.15, 0.2) is 0 Å². The zero-order valence-electron chi connectivity index (χ0n) is 12.1. The van der Waals surface area contributed by atoms with Gasteiger partial charge in [0.2, 0.25) is 0 Å². The highest BCUT2D eigenvalue weighted by Crippen LogP contribution is 2.07. The molecule has 1 rings (SSSR count). The Balaban J connectivity index is 1.61. The smallest absolute Gasteiger partial charge is 0.104 e. The van der Waals surface area contributed by atoms with Gasteiger partial charge in [0, 0.05) is 0 Å². The molecule has 1 fully saturated rings. The van der Waals surface area contributed by atoms with Gasteiger partial charge in [-0.1, -0.05) is 6.08 Å². The summed E-state index contributed by atoms with van der Waals surface area (Å²) < 4.78 is 31.5. The Kier molecular flexibility index (Phi) is 11.8. The van der Waals surface area contributed by atoms with Gasteiger partial charge in [0.25, 0.3) is 0 Å². The molecular formula is C14H26O6. The Labute approximate surface area is 120 Å². The van der Waals surface area contributed by atoms with Crippen molar-refractivity contribution in [2.24, 2.45) is 0 Å². The fourth-order valence-electron chi connectivity index (χ4n) is 1.32. The van der Waals surface area contributed by atoms with Gasteiger partial charge < -0.3 is 28.4 Å². The highest BCUT2D eigenvalue weighted by Gasteiger charge is 2.21.